The fourth-order valence-corrected chi connectivity index (χ4v) is 2.48. The monoisotopic (exact) mass is 245 g/mol. The molecule has 1 N–H and O–H groups in total. The van der Waals surface area contributed by atoms with Gasteiger partial charge in [0.25, 0.3) is 0 Å². The molecule has 1 fully saturated rings. The molecular weight excluding hydrogens is 226 g/mol. The molecule has 4 nitrogen and oxygen atoms in total. The SMILES string of the molecule is Cn1c(NCC2CCCCO2)nc2ccccc21. The zero-order valence-corrected chi connectivity index (χ0v) is 10.7. The summed E-state index contributed by atoms with van der Waals surface area (Å²) in [6, 6.07) is 8.18. The average Bonchev–Trinajstić information content (AvgIpc) is 2.75. The second kappa shape index (κ2) is 4.98. The van der Waals surface area contributed by atoms with E-state index in [4.69, 9.17) is 4.74 Å². The number of anilines is 1. The molecule has 18 heavy (non-hydrogen) atoms. The summed E-state index contributed by atoms with van der Waals surface area (Å²) in [5.41, 5.74) is 2.19. The molecule has 0 bridgehead atoms. The Morgan fingerprint density at radius 2 is 2.28 bits per heavy atom. The lowest BCUT2D eigenvalue weighted by Gasteiger charge is -2.22. The molecule has 2 heterocycles. The van der Waals surface area contributed by atoms with Crippen LogP contribution in [-0.2, 0) is 11.8 Å². The molecule has 2 aromatic rings. The maximum absolute atomic E-state index is 5.71. The summed E-state index contributed by atoms with van der Waals surface area (Å²) in [7, 11) is 2.04. The zero-order chi connectivity index (χ0) is 12.4. The molecule has 1 aliphatic rings. The molecule has 96 valence electrons. The maximum Gasteiger partial charge on any atom is 0.203 e. The summed E-state index contributed by atoms with van der Waals surface area (Å²) in [5.74, 6) is 0.922. The number of imidazole rings is 1. The second-order valence-electron chi connectivity index (χ2n) is 4.85. The fourth-order valence-electron chi connectivity index (χ4n) is 2.48. The normalized spacial score (nSPS) is 20.2. The van der Waals surface area contributed by atoms with E-state index in [1.54, 1.807) is 0 Å². The number of aryl methyl sites for hydroxylation is 1. The Kier molecular flexibility index (Phi) is 3.19. The molecule has 1 aliphatic heterocycles. The van der Waals surface area contributed by atoms with Crippen molar-refractivity contribution in [3.63, 3.8) is 0 Å². The van der Waals surface area contributed by atoms with Gasteiger partial charge in [-0.2, -0.15) is 0 Å². The van der Waals surface area contributed by atoms with Crippen LogP contribution >= 0.6 is 0 Å². The van der Waals surface area contributed by atoms with Gasteiger partial charge in [0.05, 0.1) is 17.1 Å². The first-order valence-electron chi connectivity index (χ1n) is 6.61. The average molecular weight is 245 g/mol. The standard InChI is InChI=1S/C14H19N3O/c1-17-13-8-3-2-7-12(13)16-14(17)15-10-11-6-4-5-9-18-11/h2-3,7-8,11H,4-6,9-10H2,1H3,(H,15,16). The van der Waals surface area contributed by atoms with Crippen molar-refractivity contribution >= 4 is 17.0 Å². The first-order valence-corrected chi connectivity index (χ1v) is 6.61. The Balaban J connectivity index is 1.72. The Labute approximate surface area is 107 Å². The van der Waals surface area contributed by atoms with E-state index in [0.717, 1.165) is 36.6 Å². The molecule has 0 aliphatic carbocycles. The van der Waals surface area contributed by atoms with Crippen molar-refractivity contribution in [2.24, 2.45) is 7.05 Å². The van der Waals surface area contributed by atoms with E-state index < -0.39 is 0 Å². The molecular formula is C14H19N3O. The third-order valence-corrected chi connectivity index (χ3v) is 3.55. The summed E-state index contributed by atoms with van der Waals surface area (Å²) in [6.07, 6.45) is 3.95. The Hall–Kier alpha value is -1.55. The summed E-state index contributed by atoms with van der Waals surface area (Å²) >= 11 is 0. The van der Waals surface area contributed by atoms with Gasteiger partial charge in [0.2, 0.25) is 5.95 Å². The van der Waals surface area contributed by atoms with Gasteiger partial charge in [-0.1, -0.05) is 12.1 Å². The third kappa shape index (κ3) is 2.20. The third-order valence-electron chi connectivity index (χ3n) is 3.55. The van der Waals surface area contributed by atoms with Gasteiger partial charge < -0.3 is 14.6 Å². The van der Waals surface area contributed by atoms with Crippen LogP contribution in [0.4, 0.5) is 5.95 Å². The first kappa shape index (κ1) is 11.5. The van der Waals surface area contributed by atoms with Crippen molar-refractivity contribution < 1.29 is 4.74 Å². The van der Waals surface area contributed by atoms with Gasteiger partial charge in [-0.05, 0) is 31.4 Å². The number of hydrogen-bond donors (Lipinski definition) is 1. The number of aromatic nitrogens is 2. The number of benzene rings is 1. The van der Waals surface area contributed by atoms with Crippen LogP contribution in [0, 0.1) is 0 Å². The molecule has 4 heteroatoms. The van der Waals surface area contributed by atoms with Crippen LogP contribution in [0.25, 0.3) is 11.0 Å². The topological polar surface area (TPSA) is 39.1 Å². The quantitative estimate of drug-likeness (QED) is 0.903. The number of rotatable bonds is 3. The van der Waals surface area contributed by atoms with Crippen molar-refractivity contribution in [1.29, 1.82) is 0 Å². The lowest BCUT2D eigenvalue weighted by atomic mass is 10.1. The second-order valence-corrected chi connectivity index (χ2v) is 4.85. The highest BCUT2D eigenvalue weighted by molar-refractivity contribution is 5.78. The first-order chi connectivity index (χ1) is 8.84. The number of nitrogens with one attached hydrogen (secondary N) is 1. The number of para-hydroxylation sites is 2. The molecule has 1 atom stereocenters. The minimum atomic E-state index is 0.332. The molecule has 3 rings (SSSR count). The van der Waals surface area contributed by atoms with Crippen molar-refractivity contribution in [1.82, 2.24) is 9.55 Å². The summed E-state index contributed by atoms with van der Waals surface area (Å²) in [4.78, 5) is 4.59. The molecule has 0 spiro atoms. The van der Waals surface area contributed by atoms with E-state index in [0.29, 0.717) is 6.10 Å². The highest BCUT2D eigenvalue weighted by atomic mass is 16.5. The van der Waals surface area contributed by atoms with Gasteiger partial charge in [-0.25, -0.2) is 4.98 Å². The van der Waals surface area contributed by atoms with Crippen LogP contribution in [0.3, 0.4) is 0 Å². The van der Waals surface area contributed by atoms with E-state index in [-0.39, 0.29) is 0 Å². The minimum Gasteiger partial charge on any atom is -0.376 e. The van der Waals surface area contributed by atoms with Gasteiger partial charge >= 0.3 is 0 Å². The van der Waals surface area contributed by atoms with E-state index in [1.807, 2.05) is 25.2 Å². The van der Waals surface area contributed by atoms with Crippen LogP contribution in [0.15, 0.2) is 24.3 Å². The van der Waals surface area contributed by atoms with Crippen LogP contribution in [0.5, 0.6) is 0 Å². The van der Waals surface area contributed by atoms with Gasteiger partial charge in [-0.15, -0.1) is 0 Å². The Bertz CT molecular complexity index is 529. The van der Waals surface area contributed by atoms with Gasteiger partial charge in [0, 0.05) is 20.2 Å². The van der Waals surface area contributed by atoms with Crippen molar-refractivity contribution in [2.75, 3.05) is 18.5 Å². The summed E-state index contributed by atoms with van der Waals surface area (Å²) < 4.78 is 7.81. The number of fused-ring (bicyclic) bond motifs is 1. The highest BCUT2D eigenvalue weighted by Gasteiger charge is 2.14. The van der Waals surface area contributed by atoms with E-state index >= 15 is 0 Å². The molecule has 1 aromatic carbocycles. The number of hydrogen-bond acceptors (Lipinski definition) is 3. The summed E-state index contributed by atoms with van der Waals surface area (Å²) in [5, 5.41) is 3.40. The largest absolute Gasteiger partial charge is 0.376 e. The fraction of sp³-hybridized carbons (Fsp3) is 0.500. The van der Waals surface area contributed by atoms with Crippen molar-refractivity contribution in [3.8, 4) is 0 Å². The molecule has 0 amide bonds. The van der Waals surface area contributed by atoms with E-state index in [2.05, 4.69) is 20.9 Å². The van der Waals surface area contributed by atoms with Gasteiger partial charge in [-0.3, -0.25) is 0 Å². The van der Waals surface area contributed by atoms with Crippen LogP contribution in [0.1, 0.15) is 19.3 Å². The Morgan fingerprint density at radius 3 is 3.06 bits per heavy atom. The molecule has 1 unspecified atom stereocenters. The summed E-state index contributed by atoms with van der Waals surface area (Å²) in [6.45, 7) is 1.74. The maximum atomic E-state index is 5.71. The van der Waals surface area contributed by atoms with Gasteiger partial charge in [0.1, 0.15) is 0 Å². The van der Waals surface area contributed by atoms with Crippen LogP contribution in [-0.4, -0.2) is 28.8 Å². The van der Waals surface area contributed by atoms with E-state index in [9.17, 15) is 0 Å². The highest BCUT2D eigenvalue weighted by Crippen LogP contribution is 2.18. The lowest BCUT2D eigenvalue weighted by Crippen LogP contribution is -2.27. The lowest BCUT2D eigenvalue weighted by molar-refractivity contribution is 0.0246. The van der Waals surface area contributed by atoms with Crippen LogP contribution < -0.4 is 5.32 Å². The number of ether oxygens (including phenoxy) is 1. The molecule has 0 saturated carbocycles. The minimum absolute atomic E-state index is 0.332. The predicted octanol–water partition coefficient (Wildman–Crippen LogP) is 2.55. The van der Waals surface area contributed by atoms with Crippen LogP contribution in [0.2, 0.25) is 0 Å². The number of nitrogens with zero attached hydrogens (tertiary/aromatic N) is 2. The molecule has 1 aromatic heterocycles. The molecule has 0 radical (unpaired) electrons. The predicted molar refractivity (Wildman–Crippen MR) is 72.8 cm³/mol. The zero-order valence-electron chi connectivity index (χ0n) is 10.7. The van der Waals surface area contributed by atoms with Gasteiger partial charge in [0.15, 0.2) is 0 Å². The van der Waals surface area contributed by atoms with E-state index in [1.165, 1.54) is 12.8 Å². The Morgan fingerprint density at radius 1 is 1.39 bits per heavy atom. The smallest absolute Gasteiger partial charge is 0.203 e. The molecule has 1 saturated heterocycles. The van der Waals surface area contributed by atoms with Crippen molar-refractivity contribution in [3.05, 3.63) is 24.3 Å². The van der Waals surface area contributed by atoms with Crippen molar-refractivity contribution in [2.45, 2.75) is 25.4 Å².